The van der Waals surface area contributed by atoms with Gasteiger partial charge in [0.2, 0.25) is 0 Å². The van der Waals surface area contributed by atoms with Gasteiger partial charge in [0.25, 0.3) is 6.02 Å². The van der Waals surface area contributed by atoms with Gasteiger partial charge in [-0.2, -0.15) is 18.2 Å². The summed E-state index contributed by atoms with van der Waals surface area (Å²) in [5.74, 6) is 0. The molecule has 0 bridgehead atoms. The zero-order chi connectivity index (χ0) is 13.3. The third kappa shape index (κ3) is 2.61. The van der Waals surface area contributed by atoms with Gasteiger partial charge in [-0.25, -0.2) is 0 Å². The van der Waals surface area contributed by atoms with Gasteiger partial charge in [-0.3, -0.25) is 4.90 Å². The Balaban J connectivity index is 2.30. The lowest BCUT2D eigenvalue weighted by atomic mass is 10.2. The number of likely N-dealkylation sites (N-methyl/N-ethyl adjacent to an activating group) is 1. The number of alkyl halides is 3. The number of ether oxygens (including phenoxy) is 1. The maximum Gasteiger partial charge on any atom is 0.416 e. The van der Waals surface area contributed by atoms with Gasteiger partial charge in [-0.1, -0.05) is 18.3 Å². The summed E-state index contributed by atoms with van der Waals surface area (Å²) in [5.41, 5.74) is -0.566. The zero-order valence-electron chi connectivity index (χ0n) is 9.36. The van der Waals surface area contributed by atoms with Gasteiger partial charge in [0, 0.05) is 7.05 Å². The van der Waals surface area contributed by atoms with Crippen LogP contribution in [0.1, 0.15) is 5.56 Å². The Hall–Kier alpha value is -1.63. The Morgan fingerprint density at radius 2 is 2.11 bits per heavy atom. The van der Waals surface area contributed by atoms with Gasteiger partial charge >= 0.3 is 6.18 Å². The molecule has 3 nitrogen and oxygen atoms in total. The van der Waals surface area contributed by atoms with Crippen molar-refractivity contribution in [2.75, 3.05) is 13.7 Å². The molecule has 0 aromatic heterocycles. The van der Waals surface area contributed by atoms with Gasteiger partial charge in [-0.05, 0) is 18.2 Å². The van der Waals surface area contributed by atoms with E-state index in [4.69, 9.17) is 17.0 Å². The summed E-state index contributed by atoms with van der Waals surface area (Å²) in [4.78, 5) is 6.06. The van der Waals surface area contributed by atoms with Crippen molar-refractivity contribution in [1.29, 1.82) is 0 Å². The van der Waals surface area contributed by atoms with E-state index in [0.717, 1.165) is 12.1 Å². The van der Waals surface area contributed by atoms with Gasteiger partial charge in [0.1, 0.15) is 11.6 Å². The predicted molar refractivity (Wildman–Crippen MR) is 64.9 cm³/mol. The second kappa shape index (κ2) is 4.56. The summed E-state index contributed by atoms with van der Waals surface area (Å²) in [5, 5.41) is 0. The molecule has 1 aromatic carbocycles. The molecule has 1 aliphatic rings. The first-order valence-electron chi connectivity index (χ1n) is 5.03. The van der Waals surface area contributed by atoms with Gasteiger partial charge < -0.3 is 4.74 Å². The van der Waals surface area contributed by atoms with Crippen molar-refractivity contribution in [3.63, 3.8) is 0 Å². The molecule has 1 saturated heterocycles. The molecule has 1 heterocycles. The topological polar surface area (TPSA) is 24.8 Å². The highest BCUT2D eigenvalue weighted by Gasteiger charge is 2.30. The largest absolute Gasteiger partial charge is 0.457 e. The van der Waals surface area contributed by atoms with Gasteiger partial charge in [0.15, 0.2) is 0 Å². The quantitative estimate of drug-likeness (QED) is 0.736. The molecule has 7 heteroatoms. The molecule has 0 atom stereocenters. The number of hydrogen-bond acceptors (Lipinski definition) is 3. The third-order valence-electron chi connectivity index (χ3n) is 2.38. The minimum Gasteiger partial charge on any atom is -0.457 e. The fourth-order valence-corrected chi connectivity index (χ4v) is 1.53. The van der Waals surface area contributed by atoms with Crippen LogP contribution >= 0.6 is 12.2 Å². The normalized spacial score (nSPS) is 18.3. The summed E-state index contributed by atoms with van der Waals surface area (Å²) in [7, 11) is 1.65. The van der Waals surface area contributed by atoms with Crippen LogP contribution < -0.4 is 0 Å². The molecular weight excluding hydrogens is 265 g/mol. The van der Waals surface area contributed by atoms with Crippen LogP contribution in [-0.4, -0.2) is 29.6 Å². The van der Waals surface area contributed by atoms with Crippen LogP contribution in [0.3, 0.4) is 0 Å². The molecule has 0 aliphatic carbocycles. The van der Waals surface area contributed by atoms with Crippen LogP contribution in [0.5, 0.6) is 0 Å². The van der Waals surface area contributed by atoms with E-state index in [0.29, 0.717) is 4.99 Å². The van der Waals surface area contributed by atoms with E-state index in [9.17, 15) is 13.2 Å². The monoisotopic (exact) mass is 274 g/mol. The van der Waals surface area contributed by atoms with E-state index >= 15 is 0 Å². The lowest BCUT2D eigenvalue weighted by molar-refractivity contribution is -0.137. The number of aliphatic imine (C=N–C) groups is 1. The molecule has 0 spiro atoms. The summed E-state index contributed by atoms with van der Waals surface area (Å²) in [6, 6.07) is 4.94. The number of nitrogens with zero attached hydrogens (tertiary/aromatic N) is 2. The minimum absolute atomic E-state index is 0.177. The Kier molecular flexibility index (Phi) is 3.25. The smallest absolute Gasteiger partial charge is 0.416 e. The Morgan fingerprint density at radius 1 is 1.39 bits per heavy atom. The van der Waals surface area contributed by atoms with E-state index in [1.54, 1.807) is 7.05 Å². The highest BCUT2D eigenvalue weighted by molar-refractivity contribution is 7.80. The van der Waals surface area contributed by atoms with Crippen molar-refractivity contribution >= 4 is 28.9 Å². The molecule has 0 amide bonds. The van der Waals surface area contributed by atoms with Crippen LogP contribution in [0, 0.1) is 0 Å². The average molecular weight is 274 g/mol. The molecular formula is C11H9F3N2OS. The number of benzene rings is 1. The van der Waals surface area contributed by atoms with Crippen molar-refractivity contribution in [2.45, 2.75) is 6.18 Å². The van der Waals surface area contributed by atoms with E-state index < -0.39 is 11.7 Å². The molecule has 2 rings (SSSR count). The average Bonchev–Trinajstić information content (AvgIpc) is 2.60. The van der Waals surface area contributed by atoms with Crippen LogP contribution in [0.2, 0.25) is 0 Å². The van der Waals surface area contributed by atoms with Crippen molar-refractivity contribution < 1.29 is 17.9 Å². The van der Waals surface area contributed by atoms with Crippen molar-refractivity contribution in [3.8, 4) is 0 Å². The molecule has 1 aliphatic heterocycles. The fraction of sp³-hybridized carbons (Fsp3) is 0.273. The molecule has 18 heavy (non-hydrogen) atoms. The highest BCUT2D eigenvalue weighted by Crippen LogP contribution is 2.31. The predicted octanol–water partition coefficient (Wildman–Crippen LogP) is 2.98. The van der Waals surface area contributed by atoms with Crippen LogP contribution in [0.4, 0.5) is 18.9 Å². The highest BCUT2D eigenvalue weighted by atomic mass is 32.1. The number of amidine groups is 1. The van der Waals surface area contributed by atoms with E-state index in [-0.39, 0.29) is 18.3 Å². The zero-order valence-corrected chi connectivity index (χ0v) is 10.2. The second-order valence-corrected chi connectivity index (χ2v) is 4.16. The van der Waals surface area contributed by atoms with Gasteiger partial charge in [-0.15, -0.1) is 0 Å². The number of halogens is 3. The first-order valence-corrected chi connectivity index (χ1v) is 5.44. The molecule has 96 valence electrons. The number of thiocarbonyl (C=S) groups is 1. The first-order chi connectivity index (χ1) is 8.38. The molecule has 1 aromatic rings. The summed E-state index contributed by atoms with van der Waals surface area (Å²) in [6.07, 6.45) is -4.38. The SMILES string of the molecule is CN1C(=S)COC1=Nc1cccc(C(F)(F)F)c1. The van der Waals surface area contributed by atoms with Gasteiger partial charge in [0.05, 0.1) is 11.3 Å². The maximum atomic E-state index is 12.5. The Morgan fingerprint density at radius 3 is 2.67 bits per heavy atom. The standard InChI is InChI=1S/C11H9F3N2OS/c1-16-9(18)6-17-10(16)15-8-4-2-3-7(5-8)11(12,13)14/h2-5H,6H2,1H3. The summed E-state index contributed by atoms with van der Waals surface area (Å²) < 4.78 is 42.7. The Labute approximate surface area is 107 Å². The molecule has 0 unspecified atom stereocenters. The van der Waals surface area contributed by atoms with Crippen LogP contribution in [0.15, 0.2) is 29.3 Å². The molecule has 0 radical (unpaired) electrons. The minimum atomic E-state index is -4.38. The number of rotatable bonds is 1. The third-order valence-corrected chi connectivity index (χ3v) is 2.78. The second-order valence-electron chi connectivity index (χ2n) is 3.68. The summed E-state index contributed by atoms with van der Waals surface area (Å²) in [6.45, 7) is 0.226. The fourth-order valence-electron chi connectivity index (χ4n) is 1.40. The van der Waals surface area contributed by atoms with Crippen LogP contribution in [-0.2, 0) is 10.9 Å². The molecule has 0 N–H and O–H groups in total. The lowest BCUT2D eigenvalue weighted by Gasteiger charge is -2.09. The van der Waals surface area contributed by atoms with Crippen molar-refractivity contribution in [3.05, 3.63) is 29.8 Å². The van der Waals surface area contributed by atoms with E-state index in [1.165, 1.54) is 17.0 Å². The van der Waals surface area contributed by atoms with E-state index in [2.05, 4.69) is 4.99 Å². The first kappa shape index (κ1) is 12.8. The Bertz CT molecular complexity index is 513. The summed E-state index contributed by atoms with van der Waals surface area (Å²) >= 11 is 4.96. The maximum absolute atomic E-state index is 12.5. The van der Waals surface area contributed by atoms with Crippen molar-refractivity contribution in [2.24, 2.45) is 4.99 Å². The van der Waals surface area contributed by atoms with Crippen LogP contribution in [0.25, 0.3) is 0 Å². The molecule has 0 saturated carbocycles. The lowest BCUT2D eigenvalue weighted by Crippen LogP contribution is -2.23. The number of hydrogen-bond donors (Lipinski definition) is 0. The molecule has 1 fully saturated rings. The van der Waals surface area contributed by atoms with E-state index in [1.807, 2.05) is 0 Å². The van der Waals surface area contributed by atoms with Crippen molar-refractivity contribution in [1.82, 2.24) is 4.90 Å².